The molecule has 0 aliphatic heterocycles. The predicted octanol–water partition coefficient (Wildman–Crippen LogP) is 5.18. The minimum atomic E-state index is 1.03. The number of hydrogen-bond acceptors (Lipinski definition) is 3. The summed E-state index contributed by atoms with van der Waals surface area (Å²) in [4.78, 5) is 6.75. The average molecular weight is 304 g/mol. The molecule has 4 aromatic rings. The second-order valence-electron chi connectivity index (χ2n) is 5.61. The largest absolute Gasteiger partial charge is 0.378 e. The third-order valence-corrected chi connectivity index (χ3v) is 5.07. The number of fused-ring (bicyclic) bond motifs is 3. The first-order valence-corrected chi connectivity index (χ1v) is 8.09. The molecule has 0 aliphatic carbocycles. The SMILES string of the molecule is CN(C)c1ccc(-c2cc3c(cn2)sc2ccccc23)cc1. The highest BCUT2D eigenvalue weighted by atomic mass is 32.1. The van der Waals surface area contributed by atoms with Gasteiger partial charge in [-0.3, -0.25) is 4.98 Å². The minimum absolute atomic E-state index is 1.03. The van der Waals surface area contributed by atoms with E-state index in [1.807, 2.05) is 6.20 Å². The molecular weight excluding hydrogens is 288 g/mol. The molecule has 0 atom stereocenters. The molecule has 2 aromatic heterocycles. The van der Waals surface area contributed by atoms with Crippen LogP contribution in [0.3, 0.4) is 0 Å². The van der Waals surface area contributed by atoms with E-state index in [0.717, 1.165) is 11.3 Å². The van der Waals surface area contributed by atoms with Crippen molar-refractivity contribution in [2.75, 3.05) is 19.0 Å². The van der Waals surface area contributed by atoms with Gasteiger partial charge in [0.25, 0.3) is 0 Å². The van der Waals surface area contributed by atoms with E-state index in [-0.39, 0.29) is 0 Å². The second-order valence-corrected chi connectivity index (χ2v) is 6.69. The Hall–Kier alpha value is -2.39. The van der Waals surface area contributed by atoms with Crippen LogP contribution in [-0.2, 0) is 0 Å². The fourth-order valence-corrected chi connectivity index (χ4v) is 3.78. The zero-order chi connectivity index (χ0) is 15.1. The van der Waals surface area contributed by atoms with Gasteiger partial charge in [-0.05, 0) is 24.3 Å². The van der Waals surface area contributed by atoms with Gasteiger partial charge in [0.05, 0.1) is 10.4 Å². The number of anilines is 1. The van der Waals surface area contributed by atoms with Gasteiger partial charge in [-0.1, -0.05) is 30.3 Å². The van der Waals surface area contributed by atoms with Gasteiger partial charge in [-0.25, -0.2) is 0 Å². The van der Waals surface area contributed by atoms with Crippen LogP contribution in [0.1, 0.15) is 0 Å². The maximum Gasteiger partial charge on any atom is 0.0709 e. The molecular formula is C19H16N2S. The molecule has 0 saturated carbocycles. The van der Waals surface area contributed by atoms with Crippen LogP contribution in [0, 0.1) is 0 Å². The molecule has 2 aromatic carbocycles. The molecule has 0 saturated heterocycles. The summed E-state index contributed by atoms with van der Waals surface area (Å²) in [5.74, 6) is 0. The van der Waals surface area contributed by atoms with Gasteiger partial charge in [0.1, 0.15) is 0 Å². The molecule has 108 valence electrons. The molecule has 2 heterocycles. The Morgan fingerprint density at radius 2 is 1.64 bits per heavy atom. The zero-order valence-electron chi connectivity index (χ0n) is 12.6. The summed E-state index contributed by atoms with van der Waals surface area (Å²) >= 11 is 1.80. The van der Waals surface area contributed by atoms with E-state index >= 15 is 0 Å². The maximum absolute atomic E-state index is 4.64. The Balaban J connectivity index is 1.86. The summed E-state index contributed by atoms with van der Waals surface area (Å²) in [6.45, 7) is 0. The maximum atomic E-state index is 4.64. The first-order chi connectivity index (χ1) is 10.7. The number of thiophene rings is 1. The molecule has 0 radical (unpaired) electrons. The van der Waals surface area contributed by atoms with Crippen molar-refractivity contribution in [3.05, 3.63) is 60.8 Å². The molecule has 0 bridgehead atoms. The van der Waals surface area contributed by atoms with Crippen molar-refractivity contribution in [1.82, 2.24) is 4.98 Å². The molecule has 0 spiro atoms. The quantitative estimate of drug-likeness (QED) is 0.507. The van der Waals surface area contributed by atoms with Gasteiger partial charge in [-0.2, -0.15) is 0 Å². The summed E-state index contributed by atoms with van der Waals surface area (Å²) in [6.07, 6.45) is 2.00. The van der Waals surface area contributed by atoms with Crippen LogP contribution in [0.2, 0.25) is 0 Å². The Labute approximate surface area is 133 Å². The topological polar surface area (TPSA) is 16.1 Å². The van der Waals surface area contributed by atoms with E-state index in [2.05, 4.69) is 78.6 Å². The van der Waals surface area contributed by atoms with Crippen LogP contribution in [-0.4, -0.2) is 19.1 Å². The highest BCUT2D eigenvalue weighted by Crippen LogP contribution is 2.35. The number of hydrogen-bond donors (Lipinski definition) is 0. The standard InChI is InChI=1S/C19H16N2S/c1-21(2)14-9-7-13(8-10-14)17-11-16-15-5-3-4-6-18(15)22-19(16)12-20-17/h3-12H,1-2H3. The lowest BCUT2D eigenvalue weighted by Gasteiger charge is -2.12. The lowest BCUT2D eigenvalue weighted by Crippen LogP contribution is -2.07. The zero-order valence-corrected chi connectivity index (χ0v) is 13.4. The second kappa shape index (κ2) is 5.11. The summed E-state index contributed by atoms with van der Waals surface area (Å²) in [5, 5.41) is 2.61. The van der Waals surface area contributed by atoms with Crippen LogP contribution < -0.4 is 4.90 Å². The summed E-state index contributed by atoms with van der Waals surface area (Å²) in [7, 11) is 4.10. The molecule has 0 unspecified atom stereocenters. The number of aromatic nitrogens is 1. The Bertz CT molecular complexity index is 952. The van der Waals surface area contributed by atoms with E-state index in [1.54, 1.807) is 11.3 Å². The molecule has 0 aliphatic rings. The van der Waals surface area contributed by atoms with Crippen LogP contribution in [0.5, 0.6) is 0 Å². The average Bonchev–Trinajstić information content (AvgIpc) is 2.92. The number of benzene rings is 2. The Kier molecular flexibility index (Phi) is 3.09. The monoisotopic (exact) mass is 304 g/mol. The van der Waals surface area contributed by atoms with Gasteiger partial charge >= 0.3 is 0 Å². The first kappa shape index (κ1) is 13.3. The fraction of sp³-hybridized carbons (Fsp3) is 0.105. The molecule has 4 rings (SSSR count). The number of rotatable bonds is 2. The molecule has 0 amide bonds. The molecule has 0 N–H and O–H groups in total. The van der Waals surface area contributed by atoms with E-state index in [0.29, 0.717) is 0 Å². The molecule has 22 heavy (non-hydrogen) atoms. The third kappa shape index (κ3) is 2.14. The highest BCUT2D eigenvalue weighted by Gasteiger charge is 2.07. The highest BCUT2D eigenvalue weighted by molar-refractivity contribution is 7.25. The smallest absolute Gasteiger partial charge is 0.0709 e. The van der Waals surface area contributed by atoms with Crippen LogP contribution >= 0.6 is 11.3 Å². The number of nitrogens with zero attached hydrogens (tertiary/aromatic N) is 2. The van der Waals surface area contributed by atoms with Crippen molar-refractivity contribution in [3.8, 4) is 11.3 Å². The van der Waals surface area contributed by atoms with Crippen molar-refractivity contribution < 1.29 is 0 Å². The van der Waals surface area contributed by atoms with Gasteiger partial charge in [-0.15, -0.1) is 11.3 Å². The normalized spacial score (nSPS) is 11.2. The lowest BCUT2D eigenvalue weighted by molar-refractivity contribution is 1.13. The van der Waals surface area contributed by atoms with E-state index < -0.39 is 0 Å². The van der Waals surface area contributed by atoms with Crippen molar-refractivity contribution in [2.45, 2.75) is 0 Å². The fourth-order valence-electron chi connectivity index (χ4n) is 2.72. The molecule has 0 fully saturated rings. The third-order valence-electron chi connectivity index (χ3n) is 3.94. The Morgan fingerprint density at radius 3 is 2.41 bits per heavy atom. The predicted molar refractivity (Wildman–Crippen MR) is 96.9 cm³/mol. The van der Waals surface area contributed by atoms with E-state index in [4.69, 9.17) is 0 Å². The first-order valence-electron chi connectivity index (χ1n) is 7.27. The van der Waals surface area contributed by atoms with Gasteiger partial charge < -0.3 is 4.90 Å². The van der Waals surface area contributed by atoms with Crippen LogP contribution in [0.25, 0.3) is 31.4 Å². The number of pyridine rings is 1. The molecule has 2 nitrogen and oxygen atoms in total. The summed E-state index contributed by atoms with van der Waals surface area (Å²) < 4.78 is 2.56. The van der Waals surface area contributed by atoms with Crippen molar-refractivity contribution in [2.24, 2.45) is 0 Å². The summed E-state index contributed by atoms with van der Waals surface area (Å²) in [6, 6.07) is 19.3. The lowest BCUT2D eigenvalue weighted by atomic mass is 10.1. The van der Waals surface area contributed by atoms with Gasteiger partial charge in [0.2, 0.25) is 0 Å². The van der Waals surface area contributed by atoms with E-state index in [9.17, 15) is 0 Å². The van der Waals surface area contributed by atoms with Gasteiger partial charge in [0.15, 0.2) is 0 Å². The van der Waals surface area contributed by atoms with Crippen molar-refractivity contribution in [3.63, 3.8) is 0 Å². The van der Waals surface area contributed by atoms with Crippen molar-refractivity contribution in [1.29, 1.82) is 0 Å². The van der Waals surface area contributed by atoms with Gasteiger partial charge in [0, 0.05) is 47.0 Å². The van der Waals surface area contributed by atoms with Crippen LogP contribution in [0.15, 0.2) is 60.8 Å². The minimum Gasteiger partial charge on any atom is -0.378 e. The van der Waals surface area contributed by atoms with Crippen molar-refractivity contribution >= 4 is 37.2 Å². The summed E-state index contributed by atoms with van der Waals surface area (Å²) in [5.41, 5.74) is 3.38. The molecule has 3 heteroatoms. The Morgan fingerprint density at radius 1 is 0.864 bits per heavy atom. The van der Waals surface area contributed by atoms with Crippen LogP contribution in [0.4, 0.5) is 5.69 Å². The van der Waals surface area contributed by atoms with E-state index in [1.165, 1.54) is 25.9 Å².